The van der Waals surface area contributed by atoms with Crippen LogP contribution in [0.15, 0.2) is 24.8 Å². The lowest BCUT2D eigenvalue weighted by Gasteiger charge is -2.09. The third-order valence-corrected chi connectivity index (χ3v) is 2.50. The first-order chi connectivity index (χ1) is 9.45. The Balaban J connectivity index is 1.95. The van der Waals surface area contributed by atoms with Crippen LogP contribution in [0.5, 0.6) is 0 Å². The van der Waals surface area contributed by atoms with Gasteiger partial charge in [-0.05, 0) is 0 Å². The third kappa shape index (κ3) is 3.14. The Morgan fingerprint density at radius 3 is 2.10 bits per heavy atom. The summed E-state index contributed by atoms with van der Waals surface area (Å²) in [6.45, 7) is 0.161. The van der Waals surface area contributed by atoms with Crippen molar-refractivity contribution in [3.63, 3.8) is 0 Å². The van der Waals surface area contributed by atoms with E-state index in [1.807, 2.05) is 0 Å². The summed E-state index contributed by atoms with van der Waals surface area (Å²) in [6.07, 6.45) is 4.08. The Kier molecular flexibility index (Phi) is 3.70. The van der Waals surface area contributed by atoms with Gasteiger partial charge in [0, 0.05) is 0 Å². The van der Waals surface area contributed by atoms with Gasteiger partial charge in [-0.2, -0.15) is 16.0 Å². The number of nitro groups is 1. The number of nitroso groups, excluding NO2 is 1. The first kappa shape index (κ1) is 13.6. The van der Waals surface area contributed by atoms with Gasteiger partial charge in [-0.1, -0.05) is 0 Å². The van der Waals surface area contributed by atoms with Gasteiger partial charge in [0.15, 0.2) is 4.87 Å². The fourth-order valence-electron chi connectivity index (χ4n) is 1.60. The van der Waals surface area contributed by atoms with Gasteiger partial charge >= 0.3 is 11.4 Å². The number of hydrogen-bond acceptors (Lipinski definition) is 6. The zero-order chi connectivity index (χ0) is 14.7. The molecule has 0 aliphatic heterocycles. The molecule has 0 bridgehead atoms. The highest BCUT2D eigenvalue weighted by molar-refractivity contribution is 5.21. The third-order valence-electron chi connectivity index (χ3n) is 2.50. The minimum Gasteiger partial charge on any atom is -0.389 e. The molecule has 2 heterocycles. The standard InChI is InChI=1S/C9H12N7O4/c10-15(18)7-1-11-13(3-7)5-9(17)6-14-4-8(2-12-14)16(19)20/h1-4,9,17H,5-6H2,(H2,10,18)/q+1/t9-/m1/s1. The number of hydrazine groups is 1. The molecular weight excluding hydrogens is 270 g/mol. The van der Waals surface area contributed by atoms with E-state index in [2.05, 4.69) is 10.2 Å². The van der Waals surface area contributed by atoms with Gasteiger partial charge in [-0.15, -0.1) is 0 Å². The minimum atomic E-state index is -0.875. The highest BCUT2D eigenvalue weighted by Crippen LogP contribution is 2.09. The Labute approximate surface area is 111 Å². The van der Waals surface area contributed by atoms with Gasteiger partial charge in [-0.25, -0.2) is 0 Å². The van der Waals surface area contributed by atoms with Gasteiger partial charge < -0.3 is 5.11 Å². The van der Waals surface area contributed by atoms with Crippen LogP contribution in [0.1, 0.15) is 0 Å². The van der Waals surface area contributed by atoms with Gasteiger partial charge in [0.05, 0.1) is 29.0 Å². The van der Waals surface area contributed by atoms with Crippen molar-refractivity contribution < 1.29 is 14.9 Å². The number of aromatic nitrogens is 4. The molecule has 2 aromatic rings. The largest absolute Gasteiger partial charge is 0.389 e. The second-order valence-corrected chi connectivity index (χ2v) is 4.08. The molecule has 0 aliphatic carbocycles. The summed E-state index contributed by atoms with van der Waals surface area (Å²) in [5.41, 5.74) is 0.00984. The molecule has 0 radical (unpaired) electrons. The van der Waals surface area contributed by atoms with E-state index in [-0.39, 0.29) is 29.3 Å². The van der Waals surface area contributed by atoms with Crippen LogP contribution < -0.4 is 5.84 Å². The zero-order valence-corrected chi connectivity index (χ0v) is 10.2. The van der Waals surface area contributed by atoms with Crippen LogP contribution in [0.25, 0.3) is 0 Å². The fourth-order valence-corrected chi connectivity index (χ4v) is 1.60. The lowest BCUT2D eigenvalue weighted by molar-refractivity contribution is -0.474. The van der Waals surface area contributed by atoms with Crippen LogP contribution in [-0.4, -0.2) is 40.6 Å². The Bertz CT molecular complexity index is 580. The molecule has 106 valence electrons. The van der Waals surface area contributed by atoms with E-state index in [0.717, 1.165) is 6.20 Å². The van der Waals surface area contributed by atoms with Crippen LogP contribution in [0.2, 0.25) is 0 Å². The first-order valence-electron chi connectivity index (χ1n) is 5.55. The molecule has 0 unspecified atom stereocenters. The second-order valence-electron chi connectivity index (χ2n) is 4.08. The van der Waals surface area contributed by atoms with E-state index in [0.29, 0.717) is 0 Å². The predicted molar refractivity (Wildman–Crippen MR) is 64.6 cm³/mol. The quantitative estimate of drug-likeness (QED) is 0.309. The van der Waals surface area contributed by atoms with Crippen LogP contribution in [0, 0.1) is 15.0 Å². The molecule has 1 atom stereocenters. The van der Waals surface area contributed by atoms with Crippen LogP contribution >= 0.6 is 0 Å². The SMILES string of the molecule is N[N+](=O)c1cnn(C[C@@H](O)Cn2cc([N+](=O)[O-])cn2)c1. The summed E-state index contributed by atoms with van der Waals surface area (Å²) in [4.78, 5) is 20.9. The van der Waals surface area contributed by atoms with Crippen molar-refractivity contribution in [1.82, 2.24) is 19.6 Å². The molecule has 0 aliphatic rings. The highest BCUT2D eigenvalue weighted by Gasteiger charge is 2.15. The molecule has 11 heteroatoms. The van der Waals surface area contributed by atoms with E-state index in [4.69, 9.17) is 5.84 Å². The molecule has 0 fully saturated rings. The average Bonchev–Trinajstić information content (AvgIpc) is 2.98. The van der Waals surface area contributed by atoms with Gasteiger partial charge in [0.1, 0.15) is 24.8 Å². The molecule has 20 heavy (non-hydrogen) atoms. The minimum absolute atomic E-state index is 0.0622. The fraction of sp³-hybridized carbons (Fsp3) is 0.333. The highest BCUT2D eigenvalue weighted by atomic mass is 16.6. The molecule has 11 nitrogen and oxygen atoms in total. The Morgan fingerprint density at radius 1 is 1.20 bits per heavy atom. The van der Waals surface area contributed by atoms with Crippen molar-refractivity contribution >= 4 is 11.4 Å². The zero-order valence-electron chi connectivity index (χ0n) is 10.2. The molecule has 0 amide bonds. The number of aliphatic hydroxyl groups is 1. The van der Waals surface area contributed by atoms with Crippen LogP contribution in [-0.2, 0) is 13.1 Å². The lowest BCUT2D eigenvalue weighted by Crippen LogP contribution is -2.22. The smallest absolute Gasteiger partial charge is 0.329 e. The molecule has 2 rings (SSSR count). The number of hydrogen-bond donors (Lipinski definition) is 2. The van der Waals surface area contributed by atoms with E-state index in [1.54, 1.807) is 0 Å². The van der Waals surface area contributed by atoms with Crippen molar-refractivity contribution in [2.75, 3.05) is 0 Å². The number of rotatable bonds is 6. The number of nitrogens with two attached hydrogens (primary N) is 1. The maximum atomic E-state index is 10.8. The summed E-state index contributed by atoms with van der Waals surface area (Å²) in [6, 6.07) is 0. The van der Waals surface area contributed by atoms with E-state index in [1.165, 1.54) is 28.0 Å². The molecule has 2 aromatic heterocycles. The van der Waals surface area contributed by atoms with Crippen molar-refractivity contribution in [1.29, 1.82) is 0 Å². The number of aliphatic hydroxyl groups excluding tert-OH is 1. The molecule has 0 aromatic carbocycles. The molecular formula is C9H12N7O4+. The maximum absolute atomic E-state index is 10.8. The summed E-state index contributed by atoms with van der Waals surface area (Å²) in [7, 11) is 0. The normalized spacial score (nSPS) is 12.2. The van der Waals surface area contributed by atoms with Crippen molar-refractivity contribution in [2.24, 2.45) is 5.84 Å². The Hall–Kier alpha value is -2.82. The molecule has 3 N–H and O–H groups in total. The van der Waals surface area contributed by atoms with E-state index in [9.17, 15) is 20.1 Å². The van der Waals surface area contributed by atoms with E-state index >= 15 is 0 Å². The molecule has 0 saturated carbocycles. The molecule has 0 spiro atoms. The van der Waals surface area contributed by atoms with Gasteiger partial charge in [-0.3, -0.25) is 19.5 Å². The monoisotopic (exact) mass is 282 g/mol. The van der Waals surface area contributed by atoms with Gasteiger partial charge in [0.25, 0.3) is 0 Å². The Morgan fingerprint density at radius 2 is 1.70 bits per heavy atom. The topological polar surface area (TPSA) is 145 Å². The molecule has 0 saturated heterocycles. The maximum Gasteiger partial charge on any atom is 0.329 e. The van der Waals surface area contributed by atoms with Crippen molar-refractivity contribution in [3.8, 4) is 0 Å². The summed E-state index contributed by atoms with van der Waals surface area (Å²) in [5.74, 6) is 5.00. The second kappa shape index (κ2) is 5.44. The van der Waals surface area contributed by atoms with Crippen LogP contribution in [0.3, 0.4) is 0 Å². The summed E-state index contributed by atoms with van der Waals surface area (Å²) >= 11 is 0. The van der Waals surface area contributed by atoms with Crippen molar-refractivity contribution in [2.45, 2.75) is 19.2 Å². The first-order valence-corrected chi connectivity index (χ1v) is 5.55. The lowest BCUT2D eigenvalue weighted by atomic mass is 10.3. The predicted octanol–water partition coefficient (Wildman–Crippen LogP) is -0.667. The van der Waals surface area contributed by atoms with Crippen LogP contribution in [0.4, 0.5) is 11.4 Å². The summed E-state index contributed by atoms with van der Waals surface area (Å²) in [5, 5.41) is 27.9. The van der Waals surface area contributed by atoms with Gasteiger partial charge in [0.2, 0.25) is 0 Å². The summed E-state index contributed by atoms with van der Waals surface area (Å²) < 4.78 is 2.60. The van der Waals surface area contributed by atoms with E-state index < -0.39 is 11.0 Å². The average molecular weight is 282 g/mol. The van der Waals surface area contributed by atoms with Crippen molar-refractivity contribution in [3.05, 3.63) is 39.8 Å². The number of nitrogens with zero attached hydrogens (tertiary/aromatic N) is 6.